The lowest BCUT2D eigenvalue weighted by molar-refractivity contribution is -0.143. The standard InChI is InChI=1S/C15H18F2N2O3/c1-9(11-2-3-12(16)13(17)8-11)18-15(22)19-6-4-10(5-7-19)14(20)21/h2-3,8-10H,4-7H2,1H3,(H,18,22)(H,20,21). The maximum atomic E-state index is 13.2. The molecule has 0 saturated carbocycles. The Kier molecular flexibility index (Phi) is 4.95. The number of nitrogens with one attached hydrogen (secondary N) is 1. The number of amides is 2. The molecule has 120 valence electrons. The van der Waals surface area contributed by atoms with Crippen molar-refractivity contribution in [2.24, 2.45) is 5.92 Å². The van der Waals surface area contributed by atoms with Gasteiger partial charge in [-0.15, -0.1) is 0 Å². The van der Waals surface area contributed by atoms with Gasteiger partial charge < -0.3 is 15.3 Å². The van der Waals surface area contributed by atoms with Crippen LogP contribution in [0.5, 0.6) is 0 Å². The van der Waals surface area contributed by atoms with Crippen molar-refractivity contribution < 1.29 is 23.5 Å². The molecule has 1 aromatic carbocycles. The van der Waals surface area contributed by atoms with E-state index in [1.54, 1.807) is 6.92 Å². The number of carbonyl (C=O) groups is 2. The van der Waals surface area contributed by atoms with Gasteiger partial charge in [0.05, 0.1) is 12.0 Å². The minimum atomic E-state index is -0.958. The van der Waals surface area contributed by atoms with Gasteiger partial charge in [0.1, 0.15) is 0 Å². The Morgan fingerprint density at radius 2 is 1.91 bits per heavy atom. The van der Waals surface area contributed by atoms with E-state index in [1.165, 1.54) is 11.0 Å². The monoisotopic (exact) mass is 312 g/mol. The lowest BCUT2D eigenvalue weighted by Crippen LogP contribution is -2.46. The van der Waals surface area contributed by atoms with Crippen LogP contribution in [0.4, 0.5) is 13.6 Å². The third kappa shape index (κ3) is 3.72. The summed E-state index contributed by atoms with van der Waals surface area (Å²) in [6.07, 6.45) is 0.838. The summed E-state index contributed by atoms with van der Waals surface area (Å²) >= 11 is 0. The number of carboxylic acids is 1. The second-order valence-corrected chi connectivity index (χ2v) is 5.44. The van der Waals surface area contributed by atoms with Crippen LogP contribution in [0.1, 0.15) is 31.4 Å². The fourth-order valence-corrected chi connectivity index (χ4v) is 2.47. The molecule has 2 rings (SSSR count). The minimum Gasteiger partial charge on any atom is -0.481 e. The summed E-state index contributed by atoms with van der Waals surface area (Å²) in [6, 6.07) is 2.68. The first-order valence-electron chi connectivity index (χ1n) is 7.11. The molecule has 0 bridgehead atoms. The number of aliphatic carboxylic acids is 1. The van der Waals surface area contributed by atoms with E-state index in [0.29, 0.717) is 31.5 Å². The fraction of sp³-hybridized carbons (Fsp3) is 0.467. The summed E-state index contributed by atoms with van der Waals surface area (Å²) in [5, 5.41) is 11.6. The van der Waals surface area contributed by atoms with E-state index in [9.17, 15) is 18.4 Å². The lowest BCUT2D eigenvalue weighted by atomic mass is 9.97. The molecule has 1 fully saturated rings. The number of carbonyl (C=O) groups excluding carboxylic acids is 1. The highest BCUT2D eigenvalue weighted by atomic mass is 19.2. The number of rotatable bonds is 3. The van der Waals surface area contributed by atoms with Crippen molar-refractivity contribution in [1.82, 2.24) is 10.2 Å². The first-order chi connectivity index (χ1) is 10.4. The molecule has 0 aromatic heterocycles. The smallest absolute Gasteiger partial charge is 0.317 e. The van der Waals surface area contributed by atoms with Crippen molar-refractivity contribution in [2.75, 3.05) is 13.1 Å². The Balaban J connectivity index is 1.91. The van der Waals surface area contributed by atoms with Crippen LogP contribution >= 0.6 is 0 Å². The van der Waals surface area contributed by atoms with Crippen LogP contribution in [0.2, 0.25) is 0 Å². The number of hydrogen-bond donors (Lipinski definition) is 2. The molecule has 1 saturated heterocycles. The van der Waals surface area contributed by atoms with Crippen LogP contribution in [-0.2, 0) is 4.79 Å². The summed E-state index contributed by atoms with van der Waals surface area (Å²) in [6.45, 7) is 2.41. The van der Waals surface area contributed by atoms with Crippen LogP contribution in [0.25, 0.3) is 0 Å². The highest BCUT2D eigenvalue weighted by Gasteiger charge is 2.27. The number of benzene rings is 1. The zero-order valence-corrected chi connectivity index (χ0v) is 12.2. The average molecular weight is 312 g/mol. The Morgan fingerprint density at radius 1 is 1.27 bits per heavy atom. The van der Waals surface area contributed by atoms with Crippen LogP contribution in [-0.4, -0.2) is 35.1 Å². The van der Waals surface area contributed by atoms with Gasteiger partial charge in [-0.05, 0) is 37.5 Å². The van der Waals surface area contributed by atoms with E-state index < -0.39 is 29.6 Å². The summed E-state index contributed by atoms with van der Waals surface area (Å²) in [5.41, 5.74) is 0.465. The molecule has 0 spiro atoms. The summed E-state index contributed by atoms with van der Waals surface area (Å²) in [4.78, 5) is 24.5. The highest BCUT2D eigenvalue weighted by Crippen LogP contribution is 2.19. The third-order valence-electron chi connectivity index (χ3n) is 3.92. The predicted octanol–water partition coefficient (Wildman–Crippen LogP) is 2.53. The molecular weight excluding hydrogens is 294 g/mol. The molecule has 7 heteroatoms. The maximum absolute atomic E-state index is 13.2. The molecular formula is C15H18F2N2O3. The number of urea groups is 1. The normalized spacial score (nSPS) is 17.1. The molecule has 1 aromatic rings. The van der Waals surface area contributed by atoms with E-state index >= 15 is 0 Å². The first kappa shape index (κ1) is 16.2. The van der Waals surface area contributed by atoms with E-state index in [4.69, 9.17) is 5.11 Å². The van der Waals surface area contributed by atoms with Gasteiger partial charge in [0.15, 0.2) is 11.6 Å². The number of piperidine rings is 1. The average Bonchev–Trinajstić information content (AvgIpc) is 2.50. The van der Waals surface area contributed by atoms with E-state index in [-0.39, 0.29) is 6.03 Å². The van der Waals surface area contributed by atoms with Crippen LogP contribution in [0.3, 0.4) is 0 Å². The molecule has 0 aliphatic carbocycles. The zero-order chi connectivity index (χ0) is 16.3. The van der Waals surface area contributed by atoms with Crippen LogP contribution in [0.15, 0.2) is 18.2 Å². The number of halogens is 2. The topological polar surface area (TPSA) is 69.6 Å². The Labute approximate surface area is 126 Å². The van der Waals surface area contributed by atoms with Crippen molar-refractivity contribution in [2.45, 2.75) is 25.8 Å². The minimum absolute atomic E-state index is 0.332. The van der Waals surface area contributed by atoms with Crippen molar-refractivity contribution in [3.05, 3.63) is 35.4 Å². The van der Waals surface area contributed by atoms with Crippen molar-refractivity contribution in [1.29, 1.82) is 0 Å². The van der Waals surface area contributed by atoms with Gasteiger partial charge in [-0.25, -0.2) is 13.6 Å². The number of carboxylic acid groups (broad SMARTS) is 1. The van der Waals surface area contributed by atoms with E-state index in [0.717, 1.165) is 12.1 Å². The number of likely N-dealkylation sites (tertiary alicyclic amines) is 1. The second kappa shape index (κ2) is 6.72. The van der Waals surface area contributed by atoms with E-state index in [2.05, 4.69) is 5.32 Å². The maximum Gasteiger partial charge on any atom is 0.317 e. The molecule has 1 aliphatic rings. The van der Waals surface area contributed by atoms with Crippen molar-refractivity contribution >= 4 is 12.0 Å². The quantitative estimate of drug-likeness (QED) is 0.901. The van der Waals surface area contributed by atoms with Gasteiger partial charge in [0.25, 0.3) is 0 Å². The lowest BCUT2D eigenvalue weighted by Gasteiger charge is -2.31. The molecule has 1 unspecified atom stereocenters. The first-order valence-corrected chi connectivity index (χ1v) is 7.11. The predicted molar refractivity (Wildman–Crippen MR) is 75.2 cm³/mol. The Morgan fingerprint density at radius 3 is 2.45 bits per heavy atom. The van der Waals surface area contributed by atoms with Crippen LogP contribution < -0.4 is 5.32 Å². The molecule has 22 heavy (non-hydrogen) atoms. The van der Waals surface area contributed by atoms with Gasteiger partial charge >= 0.3 is 12.0 Å². The largest absolute Gasteiger partial charge is 0.481 e. The highest BCUT2D eigenvalue weighted by molar-refractivity contribution is 5.75. The third-order valence-corrected chi connectivity index (χ3v) is 3.92. The Bertz CT molecular complexity index is 572. The second-order valence-electron chi connectivity index (χ2n) is 5.44. The van der Waals surface area contributed by atoms with Gasteiger partial charge in [0, 0.05) is 13.1 Å². The van der Waals surface area contributed by atoms with Gasteiger partial charge in [-0.1, -0.05) is 6.07 Å². The summed E-state index contributed by atoms with van der Waals surface area (Å²) in [7, 11) is 0. The molecule has 5 nitrogen and oxygen atoms in total. The number of hydrogen-bond acceptors (Lipinski definition) is 2. The molecule has 0 radical (unpaired) electrons. The van der Waals surface area contributed by atoms with Gasteiger partial charge in [-0.2, -0.15) is 0 Å². The summed E-state index contributed by atoms with van der Waals surface area (Å²) in [5.74, 6) is -3.14. The molecule has 1 heterocycles. The molecule has 2 N–H and O–H groups in total. The van der Waals surface area contributed by atoms with Crippen molar-refractivity contribution in [3.63, 3.8) is 0 Å². The molecule has 2 amide bonds. The van der Waals surface area contributed by atoms with E-state index in [1.807, 2.05) is 0 Å². The molecule has 1 aliphatic heterocycles. The Hall–Kier alpha value is -2.18. The zero-order valence-electron chi connectivity index (χ0n) is 12.2. The van der Waals surface area contributed by atoms with Crippen molar-refractivity contribution in [3.8, 4) is 0 Å². The SMILES string of the molecule is CC(NC(=O)N1CCC(C(=O)O)CC1)c1ccc(F)c(F)c1. The van der Waals surface area contributed by atoms with Gasteiger partial charge in [-0.3, -0.25) is 4.79 Å². The van der Waals surface area contributed by atoms with Gasteiger partial charge in [0.2, 0.25) is 0 Å². The fourth-order valence-electron chi connectivity index (χ4n) is 2.47. The summed E-state index contributed by atoms with van der Waals surface area (Å²) < 4.78 is 26.1. The van der Waals surface area contributed by atoms with Crippen LogP contribution in [0, 0.1) is 17.6 Å². The molecule has 1 atom stereocenters. The number of nitrogens with zero attached hydrogens (tertiary/aromatic N) is 1.